The van der Waals surface area contributed by atoms with E-state index < -0.39 is 19.9 Å². The maximum Gasteiger partial charge on any atom is 0.258 e. The van der Waals surface area contributed by atoms with E-state index in [1.807, 2.05) is 19.1 Å². The maximum atomic E-state index is 13.1. The monoisotopic (exact) mass is 541 g/mol. The number of sulfonamides is 1. The second-order valence-electron chi connectivity index (χ2n) is 9.32. The summed E-state index contributed by atoms with van der Waals surface area (Å²) in [6.07, 6.45) is 1.78. The molecule has 0 atom stereocenters. The van der Waals surface area contributed by atoms with Gasteiger partial charge in [-0.05, 0) is 62.2 Å². The molecule has 0 unspecified atom stereocenters. The predicted molar refractivity (Wildman–Crippen MR) is 141 cm³/mol. The molecule has 2 aliphatic heterocycles. The summed E-state index contributed by atoms with van der Waals surface area (Å²) in [6.45, 7) is 2.83. The number of rotatable bonds is 6. The van der Waals surface area contributed by atoms with E-state index in [-0.39, 0.29) is 40.6 Å². The third-order valence-electron chi connectivity index (χ3n) is 7.07. The number of anilines is 2. The molecule has 3 aromatic rings. The lowest BCUT2D eigenvalue weighted by Crippen LogP contribution is -2.41. The number of sulfone groups is 1. The fraction of sp³-hybridized carbons (Fsp3) is 0.308. The zero-order valence-electron chi connectivity index (χ0n) is 20.5. The summed E-state index contributed by atoms with van der Waals surface area (Å²) in [4.78, 5) is 27.6. The topological polar surface area (TPSA) is 121 Å². The van der Waals surface area contributed by atoms with Crippen LogP contribution >= 0.6 is 0 Å². The molecule has 37 heavy (non-hydrogen) atoms. The Morgan fingerprint density at radius 2 is 1.59 bits per heavy atom. The second kappa shape index (κ2) is 9.23. The van der Waals surface area contributed by atoms with Gasteiger partial charge >= 0.3 is 0 Å². The molecule has 0 saturated carbocycles. The molecule has 0 aromatic heterocycles. The Balaban J connectivity index is 1.29. The Hall–Kier alpha value is -3.28. The van der Waals surface area contributed by atoms with Crippen molar-refractivity contribution in [3.8, 4) is 0 Å². The van der Waals surface area contributed by atoms with E-state index >= 15 is 0 Å². The van der Waals surface area contributed by atoms with Gasteiger partial charge in [-0.3, -0.25) is 9.59 Å². The summed E-state index contributed by atoms with van der Waals surface area (Å²) in [5.41, 5.74) is 2.07. The molecule has 2 amide bonds. The lowest BCUT2D eigenvalue weighted by Gasteiger charge is -2.30. The fourth-order valence-electron chi connectivity index (χ4n) is 5.07. The van der Waals surface area contributed by atoms with E-state index in [0.717, 1.165) is 22.7 Å². The van der Waals surface area contributed by atoms with Crippen molar-refractivity contribution in [2.75, 3.05) is 36.1 Å². The van der Waals surface area contributed by atoms with Gasteiger partial charge < -0.3 is 10.2 Å². The number of carbonyl (C=O) groups is 2. The number of benzene rings is 3. The number of hydrogen-bond acceptors (Lipinski definition) is 6. The van der Waals surface area contributed by atoms with E-state index in [9.17, 15) is 26.4 Å². The van der Waals surface area contributed by atoms with Crippen LogP contribution in [0.4, 0.5) is 11.4 Å². The largest absolute Gasteiger partial charge is 0.325 e. The van der Waals surface area contributed by atoms with Crippen LogP contribution in [0.15, 0.2) is 64.4 Å². The van der Waals surface area contributed by atoms with E-state index in [2.05, 4.69) is 5.32 Å². The van der Waals surface area contributed by atoms with Gasteiger partial charge in [-0.2, -0.15) is 4.31 Å². The van der Waals surface area contributed by atoms with Crippen molar-refractivity contribution in [2.45, 2.75) is 29.6 Å². The normalized spacial score (nSPS) is 16.9. The third kappa shape index (κ3) is 4.41. The lowest BCUT2D eigenvalue weighted by atomic mass is 9.96. The van der Waals surface area contributed by atoms with Crippen LogP contribution < -0.4 is 10.2 Å². The van der Waals surface area contributed by atoms with Gasteiger partial charge in [0.2, 0.25) is 15.9 Å². The second-order valence-corrected chi connectivity index (χ2v) is 13.3. The minimum absolute atomic E-state index is 0.0198. The summed E-state index contributed by atoms with van der Waals surface area (Å²) in [7, 11) is -7.23. The molecule has 0 aliphatic carbocycles. The number of nitrogens with zero attached hydrogens (tertiary/aromatic N) is 2. The molecule has 0 bridgehead atoms. The molecule has 2 heterocycles. The van der Waals surface area contributed by atoms with Crippen molar-refractivity contribution in [1.29, 1.82) is 0 Å². The summed E-state index contributed by atoms with van der Waals surface area (Å²) in [5, 5.41) is 4.62. The van der Waals surface area contributed by atoms with Crippen LogP contribution in [0.2, 0.25) is 0 Å². The first-order valence-electron chi connectivity index (χ1n) is 12.0. The van der Waals surface area contributed by atoms with E-state index in [1.165, 1.54) is 28.6 Å². The molecule has 1 N–H and O–H groups in total. The molecule has 2 aliphatic rings. The highest BCUT2D eigenvalue weighted by atomic mass is 32.2. The van der Waals surface area contributed by atoms with Crippen molar-refractivity contribution < 1.29 is 26.4 Å². The summed E-state index contributed by atoms with van der Waals surface area (Å²) >= 11 is 0. The number of amides is 2. The average molecular weight is 542 g/mol. The number of piperidine rings is 1. The molecular weight excluding hydrogens is 514 g/mol. The minimum atomic E-state index is -3.81. The molecule has 0 spiro atoms. The van der Waals surface area contributed by atoms with Gasteiger partial charge in [0.1, 0.15) is 0 Å². The van der Waals surface area contributed by atoms with Crippen molar-refractivity contribution in [1.82, 2.24) is 4.31 Å². The first kappa shape index (κ1) is 25.4. The van der Waals surface area contributed by atoms with Crippen LogP contribution in [0, 0.1) is 5.92 Å². The van der Waals surface area contributed by atoms with Gasteiger partial charge in [-0.1, -0.05) is 12.1 Å². The Morgan fingerprint density at radius 1 is 0.946 bits per heavy atom. The summed E-state index contributed by atoms with van der Waals surface area (Å²) in [5.74, 6) is -0.603. The first-order valence-corrected chi connectivity index (χ1v) is 15.3. The predicted octanol–water partition coefficient (Wildman–Crippen LogP) is 3.26. The van der Waals surface area contributed by atoms with Crippen LogP contribution in [0.25, 0.3) is 10.8 Å². The Kier molecular flexibility index (Phi) is 6.33. The van der Waals surface area contributed by atoms with Crippen molar-refractivity contribution in [2.24, 2.45) is 5.92 Å². The summed E-state index contributed by atoms with van der Waals surface area (Å²) in [6, 6.07) is 14.3. The van der Waals surface area contributed by atoms with Crippen molar-refractivity contribution in [3.63, 3.8) is 0 Å². The minimum Gasteiger partial charge on any atom is -0.325 e. The van der Waals surface area contributed by atoms with Gasteiger partial charge in [0, 0.05) is 53.8 Å². The van der Waals surface area contributed by atoms with Gasteiger partial charge in [0.05, 0.1) is 15.5 Å². The number of carbonyl (C=O) groups excluding carboxylic acids is 2. The fourth-order valence-corrected chi connectivity index (χ4v) is 7.17. The van der Waals surface area contributed by atoms with E-state index in [1.54, 1.807) is 23.1 Å². The number of nitrogens with one attached hydrogen (secondary N) is 1. The van der Waals surface area contributed by atoms with Crippen LogP contribution in [0.5, 0.6) is 0 Å². The molecule has 9 nitrogen and oxygen atoms in total. The Bertz CT molecular complexity index is 1620. The summed E-state index contributed by atoms with van der Waals surface area (Å²) < 4.78 is 50.8. The Morgan fingerprint density at radius 3 is 2.22 bits per heavy atom. The zero-order valence-corrected chi connectivity index (χ0v) is 22.1. The molecule has 1 saturated heterocycles. The van der Waals surface area contributed by atoms with Crippen LogP contribution in [0.1, 0.15) is 30.1 Å². The number of hydrogen-bond donors (Lipinski definition) is 1. The van der Waals surface area contributed by atoms with Crippen molar-refractivity contribution in [3.05, 3.63) is 60.2 Å². The van der Waals surface area contributed by atoms with Crippen LogP contribution in [0.3, 0.4) is 0 Å². The lowest BCUT2D eigenvalue weighted by molar-refractivity contribution is -0.120. The highest BCUT2D eigenvalue weighted by Crippen LogP contribution is 2.40. The third-order valence-corrected chi connectivity index (χ3v) is 10.1. The molecule has 194 valence electrons. The van der Waals surface area contributed by atoms with E-state index in [4.69, 9.17) is 0 Å². The molecule has 11 heteroatoms. The van der Waals surface area contributed by atoms with Gasteiger partial charge in [0.25, 0.3) is 5.91 Å². The maximum absolute atomic E-state index is 13.1. The van der Waals surface area contributed by atoms with E-state index in [0.29, 0.717) is 30.6 Å². The average Bonchev–Trinajstić information content (AvgIpc) is 3.17. The highest BCUT2D eigenvalue weighted by Gasteiger charge is 2.33. The molecule has 1 fully saturated rings. The SMILES string of the molecule is CCN1C(=O)c2cccc3c(NC(=O)C4CCN(S(=O)(=O)c5ccc(S(C)(=O)=O)cc5)CC4)ccc1c23. The van der Waals surface area contributed by atoms with Gasteiger partial charge in [0.15, 0.2) is 9.84 Å². The van der Waals surface area contributed by atoms with Crippen LogP contribution in [-0.4, -0.2) is 58.8 Å². The smallest absolute Gasteiger partial charge is 0.258 e. The van der Waals surface area contributed by atoms with Gasteiger partial charge in [-0.15, -0.1) is 0 Å². The van der Waals surface area contributed by atoms with Crippen molar-refractivity contribution >= 4 is 53.8 Å². The molecule has 5 rings (SSSR count). The molecule has 0 radical (unpaired) electrons. The Labute approximate surface area is 216 Å². The van der Waals surface area contributed by atoms with Crippen LogP contribution in [-0.2, 0) is 24.7 Å². The van der Waals surface area contributed by atoms with Gasteiger partial charge in [-0.25, -0.2) is 16.8 Å². The first-order chi connectivity index (χ1) is 17.5. The zero-order chi connectivity index (χ0) is 26.5. The highest BCUT2D eigenvalue weighted by molar-refractivity contribution is 7.90. The molecule has 3 aromatic carbocycles. The standard InChI is InChI=1S/C26H27N3O6S2/c1-3-29-23-12-11-22(20-5-4-6-21(24(20)23)26(29)31)27-25(30)17-13-15-28(16-14-17)37(34,35)19-9-7-18(8-10-19)36(2,32)33/h4-12,17H,3,13-16H2,1-2H3,(H,27,30). The quantitative estimate of drug-likeness (QED) is 0.511. The molecular formula is C26H27N3O6S2.